The van der Waals surface area contributed by atoms with Gasteiger partial charge in [0.1, 0.15) is 23.2 Å². The smallest absolute Gasteiger partial charge is 0.287 e. The first kappa shape index (κ1) is 17.5. The predicted molar refractivity (Wildman–Crippen MR) is 90.7 cm³/mol. The number of hydrogen-bond acceptors (Lipinski definition) is 6. The fourth-order valence-corrected chi connectivity index (χ4v) is 3.00. The molecule has 7 nitrogen and oxygen atoms in total. The summed E-state index contributed by atoms with van der Waals surface area (Å²) in [5.74, 6) is 1.55. The molecule has 0 aromatic carbocycles. The summed E-state index contributed by atoms with van der Waals surface area (Å²) in [5.41, 5.74) is -0.232. The second-order valence-corrected chi connectivity index (χ2v) is 6.04. The van der Waals surface area contributed by atoms with Crippen LogP contribution in [0.2, 0.25) is 5.02 Å². The van der Waals surface area contributed by atoms with E-state index >= 15 is 0 Å². The fraction of sp³-hybridized carbons (Fsp3) is 0.467. The molecule has 3 heterocycles. The normalized spacial score (nSPS) is 15.1. The van der Waals surface area contributed by atoms with Gasteiger partial charge in [0.2, 0.25) is 0 Å². The van der Waals surface area contributed by atoms with Crippen molar-refractivity contribution in [1.29, 1.82) is 0 Å². The lowest BCUT2D eigenvalue weighted by Crippen LogP contribution is -2.47. The molecular weight excluding hydrogens is 354 g/mol. The minimum absolute atomic E-state index is 0.0815. The number of rotatable bonds is 4. The maximum absolute atomic E-state index is 12.5. The average Bonchev–Trinajstić information content (AvgIpc) is 2.59. The van der Waals surface area contributed by atoms with Crippen LogP contribution in [0.5, 0.6) is 0 Å². The van der Waals surface area contributed by atoms with E-state index in [0.29, 0.717) is 42.4 Å². The van der Waals surface area contributed by atoms with Gasteiger partial charge in [-0.05, 0) is 13.0 Å². The number of aryl methyl sites for hydroxylation is 1. The molecule has 134 valence electrons. The van der Waals surface area contributed by atoms with Crippen molar-refractivity contribution in [3.63, 3.8) is 0 Å². The number of hydrogen-bond donors (Lipinski definition) is 0. The first-order valence-electron chi connectivity index (χ1n) is 7.79. The van der Waals surface area contributed by atoms with Crippen LogP contribution in [0, 0.1) is 6.92 Å². The number of nitrogens with zero attached hydrogens (tertiary/aromatic N) is 6. The van der Waals surface area contributed by atoms with Crippen molar-refractivity contribution < 1.29 is 8.78 Å². The lowest BCUT2D eigenvalue weighted by Gasteiger charge is -2.36. The second-order valence-electron chi connectivity index (χ2n) is 5.66. The SMILES string of the molecule is Cc1nccc(N2CCN(c3cnn(CC(F)F)c(=O)c3Cl)CC2)n1. The Morgan fingerprint density at radius 1 is 1.24 bits per heavy atom. The summed E-state index contributed by atoms with van der Waals surface area (Å²) < 4.78 is 25.6. The molecule has 0 saturated carbocycles. The lowest BCUT2D eigenvalue weighted by atomic mass is 10.2. The summed E-state index contributed by atoms with van der Waals surface area (Å²) in [6.45, 7) is 3.67. The van der Waals surface area contributed by atoms with Crippen LogP contribution in [0.4, 0.5) is 20.3 Å². The van der Waals surface area contributed by atoms with Gasteiger partial charge >= 0.3 is 0 Å². The van der Waals surface area contributed by atoms with E-state index in [4.69, 9.17) is 11.6 Å². The molecule has 0 aliphatic carbocycles. The maximum Gasteiger partial charge on any atom is 0.287 e. The van der Waals surface area contributed by atoms with Gasteiger partial charge in [-0.1, -0.05) is 11.6 Å². The summed E-state index contributed by atoms with van der Waals surface area (Å²) in [4.78, 5) is 24.6. The summed E-state index contributed by atoms with van der Waals surface area (Å²) in [7, 11) is 0. The Morgan fingerprint density at radius 2 is 1.92 bits per heavy atom. The zero-order valence-corrected chi connectivity index (χ0v) is 14.3. The molecule has 0 N–H and O–H groups in total. The van der Waals surface area contributed by atoms with E-state index in [1.807, 2.05) is 17.9 Å². The third-order valence-electron chi connectivity index (χ3n) is 3.98. The molecule has 10 heteroatoms. The molecule has 25 heavy (non-hydrogen) atoms. The van der Waals surface area contributed by atoms with Crippen LogP contribution in [0.15, 0.2) is 23.3 Å². The van der Waals surface area contributed by atoms with Crippen molar-refractivity contribution in [2.75, 3.05) is 36.0 Å². The predicted octanol–water partition coefficient (Wildman–Crippen LogP) is 1.59. The van der Waals surface area contributed by atoms with Crippen LogP contribution in [-0.2, 0) is 6.54 Å². The van der Waals surface area contributed by atoms with Gasteiger partial charge in [0.25, 0.3) is 12.0 Å². The van der Waals surface area contributed by atoms with E-state index in [9.17, 15) is 13.6 Å². The lowest BCUT2D eigenvalue weighted by molar-refractivity contribution is 0.119. The molecule has 0 bridgehead atoms. The Bertz CT molecular complexity index is 807. The summed E-state index contributed by atoms with van der Waals surface area (Å²) >= 11 is 6.10. The molecule has 0 atom stereocenters. The summed E-state index contributed by atoms with van der Waals surface area (Å²) in [5, 5.41) is 3.73. The van der Waals surface area contributed by atoms with Gasteiger partial charge in [-0.15, -0.1) is 0 Å². The van der Waals surface area contributed by atoms with Crippen LogP contribution in [-0.4, -0.2) is 52.4 Å². The number of halogens is 3. The highest BCUT2D eigenvalue weighted by Crippen LogP contribution is 2.23. The first-order valence-corrected chi connectivity index (χ1v) is 8.17. The van der Waals surface area contributed by atoms with E-state index < -0.39 is 18.5 Å². The highest BCUT2D eigenvalue weighted by atomic mass is 35.5. The Kier molecular flexibility index (Phi) is 5.12. The zero-order valence-electron chi connectivity index (χ0n) is 13.6. The molecule has 0 amide bonds. The largest absolute Gasteiger partial charge is 0.365 e. The monoisotopic (exact) mass is 370 g/mol. The van der Waals surface area contributed by atoms with Crippen molar-refractivity contribution in [1.82, 2.24) is 19.7 Å². The Morgan fingerprint density at radius 3 is 2.56 bits per heavy atom. The number of anilines is 2. The summed E-state index contributed by atoms with van der Waals surface area (Å²) in [6, 6.07) is 1.85. The van der Waals surface area contributed by atoms with E-state index in [-0.39, 0.29) is 5.02 Å². The summed E-state index contributed by atoms with van der Waals surface area (Å²) in [6.07, 6.45) is 0.427. The molecule has 1 saturated heterocycles. The maximum atomic E-state index is 12.5. The molecule has 3 rings (SSSR count). The van der Waals surface area contributed by atoms with Crippen LogP contribution in [0.25, 0.3) is 0 Å². The van der Waals surface area contributed by atoms with Gasteiger partial charge in [0.15, 0.2) is 0 Å². The highest BCUT2D eigenvalue weighted by Gasteiger charge is 2.22. The van der Waals surface area contributed by atoms with Crippen molar-refractivity contribution in [3.05, 3.63) is 39.7 Å². The van der Waals surface area contributed by atoms with E-state index in [1.165, 1.54) is 6.20 Å². The van der Waals surface area contributed by atoms with Crippen LogP contribution >= 0.6 is 11.6 Å². The van der Waals surface area contributed by atoms with E-state index in [2.05, 4.69) is 20.0 Å². The average molecular weight is 371 g/mol. The van der Waals surface area contributed by atoms with E-state index in [0.717, 1.165) is 5.82 Å². The molecule has 1 fully saturated rings. The second kappa shape index (κ2) is 7.30. The van der Waals surface area contributed by atoms with Gasteiger partial charge in [0, 0.05) is 32.4 Å². The molecule has 2 aromatic heterocycles. The Labute approximate surface area is 147 Å². The molecule has 0 radical (unpaired) electrons. The Balaban J connectivity index is 1.73. The quantitative estimate of drug-likeness (QED) is 0.814. The number of piperazine rings is 1. The van der Waals surface area contributed by atoms with Crippen LogP contribution in [0.1, 0.15) is 5.82 Å². The highest BCUT2D eigenvalue weighted by molar-refractivity contribution is 6.33. The molecule has 0 spiro atoms. The molecule has 0 unspecified atom stereocenters. The number of aromatic nitrogens is 4. The van der Waals surface area contributed by atoms with Gasteiger partial charge in [-0.25, -0.2) is 23.4 Å². The molecular formula is C15H17ClF2N6O. The molecule has 2 aromatic rings. The third-order valence-corrected chi connectivity index (χ3v) is 4.34. The van der Waals surface area contributed by atoms with Crippen LogP contribution in [0.3, 0.4) is 0 Å². The van der Waals surface area contributed by atoms with Crippen molar-refractivity contribution >= 4 is 23.1 Å². The van der Waals surface area contributed by atoms with Crippen molar-refractivity contribution in [3.8, 4) is 0 Å². The fourth-order valence-electron chi connectivity index (χ4n) is 2.73. The molecule has 1 aliphatic heterocycles. The van der Waals surface area contributed by atoms with Gasteiger partial charge < -0.3 is 9.80 Å². The standard InChI is InChI=1S/C15H17ClF2N6O/c1-10-19-3-2-13(21-10)23-6-4-22(5-7-23)11-8-20-24(9-12(17)18)15(25)14(11)16/h2-3,8,12H,4-7,9H2,1H3. The van der Waals surface area contributed by atoms with E-state index in [1.54, 1.807) is 6.20 Å². The Hall–Kier alpha value is -2.29. The third kappa shape index (κ3) is 3.87. The van der Waals surface area contributed by atoms with Crippen molar-refractivity contribution in [2.45, 2.75) is 19.9 Å². The van der Waals surface area contributed by atoms with Gasteiger partial charge in [-0.2, -0.15) is 5.10 Å². The molecule has 1 aliphatic rings. The number of alkyl halides is 2. The first-order chi connectivity index (χ1) is 12.0. The van der Waals surface area contributed by atoms with Gasteiger partial charge in [-0.3, -0.25) is 4.79 Å². The zero-order chi connectivity index (χ0) is 18.0. The van der Waals surface area contributed by atoms with Gasteiger partial charge in [0.05, 0.1) is 11.9 Å². The van der Waals surface area contributed by atoms with Crippen LogP contribution < -0.4 is 15.4 Å². The minimum Gasteiger partial charge on any atom is -0.365 e. The minimum atomic E-state index is -2.66. The topological polar surface area (TPSA) is 67.2 Å². The van der Waals surface area contributed by atoms with Crippen molar-refractivity contribution in [2.24, 2.45) is 0 Å².